The summed E-state index contributed by atoms with van der Waals surface area (Å²) in [4.78, 5) is 29.5. The van der Waals surface area contributed by atoms with Gasteiger partial charge >= 0.3 is 0 Å². The molecule has 4 aromatic rings. The monoisotopic (exact) mass is 492 g/mol. The Labute approximate surface area is 205 Å². The Bertz CT molecular complexity index is 1260. The van der Waals surface area contributed by atoms with Gasteiger partial charge in [0.15, 0.2) is 16.1 Å². The van der Waals surface area contributed by atoms with Gasteiger partial charge in [-0.15, -0.1) is 21.5 Å². The number of aromatic nitrogens is 4. The number of rotatable bonds is 9. The van der Waals surface area contributed by atoms with E-state index >= 15 is 0 Å². The molecule has 0 saturated carbocycles. The summed E-state index contributed by atoms with van der Waals surface area (Å²) in [5.41, 5.74) is 2.42. The average Bonchev–Trinajstić information content (AvgIpc) is 3.50. The zero-order valence-corrected chi connectivity index (χ0v) is 20.4. The molecule has 2 aromatic heterocycles. The Morgan fingerprint density at radius 3 is 2.47 bits per heavy atom. The summed E-state index contributed by atoms with van der Waals surface area (Å²) in [5.74, 6) is 0.465. The van der Waals surface area contributed by atoms with Gasteiger partial charge in [-0.1, -0.05) is 60.3 Å². The van der Waals surface area contributed by atoms with Crippen LogP contribution in [-0.2, 0) is 11.3 Å². The van der Waals surface area contributed by atoms with Gasteiger partial charge in [-0.05, 0) is 26.0 Å². The van der Waals surface area contributed by atoms with E-state index in [2.05, 4.69) is 25.8 Å². The van der Waals surface area contributed by atoms with E-state index in [0.717, 1.165) is 11.3 Å². The van der Waals surface area contributed by atoms with Crippen LogP contribution in [0.4, 0.5) is 5.13 Å². The molecule has 8 nitrogen and oxygen atoms in total. The lowest BCUT2D eigenvalue weighted by atomic mass is 10.2. The van der Waals surface area contributed by atoms with Crippen molar-refractivity contribution in [1.82, 2.24) is 25.1 Å². The van der Waals surface area contributed by atoms with Gasteiger partial charge < -0.3 is 15.2 Å². The predicted molar refractivity (Wildman–Crippen MR) is 135 cm³/mol. The van der Waals surface area contributed by atoms with Crippen molar-refractivity contribution in [2.75, 3.05) is 11.1 Å². The summed E-state index contributed by atoms with van der Waals surface area (Å²) in [6, 6.07) is 18.5. The molecule has 34 heavy (non-hydrogen) atoms. The first-order chi connectivity index (χ1) is 16.5. The van der Waals surface area contributed by atoms with Gasteiger partial charge in [0.1, 0.15) is 0 Å². The number of amides is 2. The van der Waals surface area contributed by atoms with Crippen LogP contribution in [0.25, 0.3) is 11.3 Å². The van der Waals surface area contributed by atoms with Gasteiger partial charge in [0.05, 0.1) is 17.5 Å². The topological polar surface area (TPSA) is 102 Å². The molecular weight excluding hydrogens is 468 g/mol. The Kier molecular flexibility index (Phi) is 7.71. The molecule has 0 aliphatic heterocycles. The minimum atomic E-state index is -0.338. The first-order valence-corrected chi connectivity index (χ1v) is 12.6. The third-order valence-electron chi connectivity index (χ3n) is 4.99. The molecular formula is C24H24N6O2S2. The largest absolute Gasteiger partial charge is 0.342 e. The number of hydrogen-bond acceptors (Lipinski definition) is 7. The number of thiazole rings is 1. The van der Waals surface area contributed by atoms with Crippen LogP contribution in [0, 0.1) is 0 Å². The Balaban J connectivity index is 1.35. The van der Waals surface area contributed by atoms with Crippen molar-refractivity contribution in [3.05, 3.63) is 77.4 Å². The molecule has 0 aliphatic rings. The third-order valence-corrected chi connectivity index (χ3v) is 6.71. The summed E-state index contributed by atoms with van der Waals surface area (Å²) in [6.45, 7) is 4.46. The lowest BCUT2D eigenvalue weighted by Crippen LogP contribution is -2.28. The number of thioether (sulfide) groups is 1. The number of carbonyl (C=O) groups is 2. The maximum Gasteiger partial charge on any atom is 0.251 e. The van der Waals surface area contributed by atoms with Crippen LogP contribution in [0.5, 0.6) is 0 Å². The fourth-order valence-electron chi connectivity index (χ4n) is 3.32. The molecule has 0 unspecified atom stereocenters. The molecule has 2 amide bonds. The van der Waals surface area contributed by atoms with Crippen molar-refractivity contribution < 1.29 is 9.59 Å². The first kappa shape index (κ1) is 23.7. The number of nitrogens with zero attached hydrogens (tertiary/aromatic N) is 4. The second-order valence-electron chi connectivity index (χ2n) is 7.39. The molecule has 10 heteroatoms. The minimum Gasteiger partial charge on any atom is -0.342 e. The molecule has 0 spiro atoms. The second kappa shape index (κ2) is 11.1. The number of nitrogens with one attached hydrogen (secondary N) is 2. The minimum absolute atomic E-state index is 0.170. The van der Waals surface area contributed by atoms with E-state index in [1.807, 2.05) is 72.3 Å². The van der Waals surface area contributed by atoms with Crippen LogP contribution in [0.2, 0.25) is 0 Å². The molecule has 1 atom stereocenters. The quantitative estimate of drug-likeness (QED) is 0.330. The Hall–Kier alpha value is -3.50. The summed E-state index contributed by atoms with van der Waals surface area (Å²) < 4.78 is 1.91. The highest BCUT2D eigenvalue weighted by Gasteiger charge is 2.20. The molecule has 4 rings (SSSR count). The van der Waals surface area contributed by atoms with Crippen molar-refractivity contribution in [2.45, 2.75) is 31.6 Å². The fourth-order valence-corrected chi connectivity index (χ4v) is 4.86. The van der Waals surface area contributed by atoms with Crippen LogP contribution in [0.15, 0.2) is 71.2 Å². The van der Waals surface area contributed by atoms with Gasteiger partial charge in [0, 0.05) is 23.1 Å². The van der Waals surface area contributed by atoms with Gasteiger partial charge in [-0.3, -0.25) is 9.59 Å². The van der Waals surface area contributed by atoms with Gasteiger partial charge in [-0.2, -0.15) is 0 Å². The summed E-state index contributed by atoms with van der Waals surface area (Å²) in [5, 5.41) is 17.4. The van der Waals surface area contributed by atoms with Crippen molar-refractivity contribution in [2.24, 2.45) is 0 Å². The highest BCUT2D eigenvalue weighted by atomic mass is 32.2. The van der Waals surface area contributed by atoms with Crippen LogP contribution in [-0.4, -0.2) is 37.3 Å². The van der Waals surface area contributed by atoms with Gasteiger partial charge in [0.2, 0.25) is 5.91 Å². The number of anilines is 1. The fraction of sp³-hybridized carbons (Fsp3) is 0.208. The maximum atomic E-state index is 12.5. The van der Waals surface area contributed by atoms with Crippen molar-refractivity contribution in [3.63, 3.8) is 0 Å². The molecule has 0 radical (unpaired) electrons. The van der Waals surface area contributed by atoms with Crippen molar-refractivity contribution in [3.8, 4) is 11.3 Å². The molecule has 0 saturated heterocycles. The summed E-state index contributed by atoms with van der Waals surface area (Å²) >= 11 is 2.69. The molecule has 2 heterocycles. The summed E-state index contributed by atoms with van der Waals surface area (Å²) in [7, 11) is 0. The summed E-state index contributed by atoms with van der Waals surface area (Å²) in [6.07, 6.45) is 0. The smallest absolute Gasteiger partial charge is 0.251 e. The number of hydrogen-bond donors (Lipinski definition) is 2. The predicted octanol–water partition coefficient (Wildman–Crippen LogP) is 4.64. The van der Waals surface area contributed by atoms with Crippen LogP contribution in [0.1, 0.15) is 36.1 Å². The SMILES string of the molecule is CCn1c(SCC(=O)Nc2nc(-c3ccccc3)cs2)nnc1[C@@H](C)NC(=O)c1ccccc1. The van der Waals surface area contributed by atoms with Crippen LogP contribution >= 0.6 is 23.1 Å². The van der Waals surface area contributed by atoms with E-state index < -0.39 is 0 Å². The average molecular weight is 493 g/mol. The normalized spacial score (nSPS) is 11.7. The Morgan fingerprint density at radius 1 is 1.06 bits per heavy atom. The zero-order chi connectivity index (χ0) is 23.9. The van der Waals surface area contributed by atoms with E-state index in [0.29, 0.717) is 28.2 Å². The van der Waals surface area contributed by atoms with Gasteiger partial charge in [0.25, 0.3) is 5.91 Å². The van der Waals surface area contributed by atoms with E-state index in [4.69, 9.17) is 0 Å². The second-order valence-corrected chi connectivity index (χ2v) is 9.19. The molecule has 2 aromatic carbocycles. The molecule has 0 fully saturated rings. The van der Waals surface area contributed by atoms with Crippen LogP contribution < -0.4 is 10.6 Å². The van der Waals surface area contributed by atoms with E-state index in [1.54, 1.807) is 12.1 Å². The molecule has 0 bridgehead atoms. The lowest BCUT2D eigenvalue weighted by Gasteiger charge is -2.15. The van der Waals surface area contributed by atoms with Crippen LogP contribution in [0.3, 0.4) is 0 Å². The maximum absolute atomic E-state index is 12.5. The van der Waals surface area contributed by atoms with E-state index in [-0.39, 0.29) is 23.6 Å². The Morgan fingerprint density at radius 2 is 1.76 bits per heavy atom. The number of benzene rings is 2. The van der Waals surface area contributed by atoms with Crippen molar-refractivity contribution >= 4 is 40.0 Å². The standard InChI is InChI=1S/C24H24N6O2S2/c1-3-30-21(16(2)25-22(32)18-12-8-5-9-13-18)28-29-24(30)34-15-20(31)27-23-26-19(14-33-23)17-10-6-4-7-11-17/h4-14,16H,3,15H2,1-2H3,(H,25,32)(H,26,27,31)/t16-/m1/s1. The molecule has 2 N–H and O–H groups in total. The molecule has 0 aliphatic carbocycles. The first-order valence-electron chi connectivity index (χ1n) is 10.8. The highest BCUT2D eigenvalue weighted by Crippen LogP contribution is 2.25. The number of carbonyl (C=O) groups excluding carboxylic acids is 2. The van der Waals surface area contributed by atoms with Crippen molar-refractivity contribution in [1.29, 1.82) is 0 Å². The van der Waals surface area contributed by atoms with E-state index in [1.165, 1.54) is 23.1 Å². The molecule has 174 valence electrons. The zero-order valence-electron chi connectivity index (χ0n) is 18.8. The van der Waals surface area contributed by atoms with E-state index in [9.17, 15) is 9.59 Å². The highest BCUT2D eigenvalue weighted by molar-refractivity contribution is 7.99. The lowest BCUT2D eigenvalue weighted by molar-refractivity contribution is -0.113. The van der Waals surface area contributed by atoms with Gasteiger partial charge in [-0.25, -0.2) is 4.98 Å². The third kappa shape index (κ3) is 5.70.